The molecule has 0 saturated heterocycles. The molecule has 0 heterocycles. The Morgan fingerprint density at radius 1 is 1.17 bits per heavy atom. The lowest BCUT2D eigenvalue weighted by molar-refractivity contribution is 0.537. The number of anilines is 1. The third-order valence-electron chi connectivity index (χ3n) is 3.29. The number of hydrogen-bond acceptors (Lipinski definition) is 2. The van der Waals surface area contributed by atoms with Crippen molar-refractivity contribution < 1.29 is 0 Å². The van der Waals surface area contributed by atoms with Gasteiger partial charge in [0, 0.05) is 25.3 Å². The second-order valence-corrected chi connectivity index (χ2v) is 5.30. The summed E-state index contributed by atoms with van der Waals surface area (Å²) in [6.45, 7) is 13.3. The van der Waals surface area contributed by atoms with E-state index in [0.29, 0.717) is 0 Å². The van der Waals surface area contributed by atoms with Crippen LogP contribution >= 0.6 is 0 Å². The smallest absolute Gasteiger partial charge is 0.0396 e. The molecular formula is C16H28N2. The molecule has 0 amide bonds. The summed E-state index contributed by atoms with van der Waals surface area (Å²) in [6.07, 6.45) is 1.26. The third-order valence-corrected chi connectivity index (χ3v) is 3.29. The van der Waals surface area contributed by atoms with Crippen molar-refractivity contribution in [1.82, 2.24) is 5.32 Å². The summed E-state index contributed by atoms with van der Waals surface area (Å²) in [4.78, 5) is 2.44. The van der Waals surface area contributed by atoms with Gasteiger partial charge in [0.1, 0.15) is 0 Å². The Kier molecular flexibility index (Phi) is 6.81. The number of benzene rings is 1. The minimum absolute atomic E-state index is 0.788. The number of para-hydroxylation sites is 1. The minimum atomic E-state index is 0.788. The Morgan fingerprint density at radius 2 is 1.89 bits per heavy atom. The van der Waals surface area contributed by atoms with Gasteiger partial charge in [-0.15, -0.1) is 0 Å². The van der Waals surface area contributed by atoms with Gasteiger partial charge in [-0.2, -0.15) is 0 Å². The lowest BCUT2D eigenvalue weighted by Crippen LogP contribution is -2.33. The summed E-state index contributed by atoms with van der Waals surface area (Å²) in [5.41, 5.74) is 2.73. The van der Waals surface area contributed by atoms with E-state index in [9.17, 15) is 0 Å². The second kappa shape index (κ2) is 8.15. The molecule has 0 fully saturated rings. The van der Waals surface area contributed by atoms with Gasteiger partial charge in [0.2, 0.25) is 0 Å². The van der Waals surface area contributed by atoms with E-state index in [2.05, 4.69) is 62.2 Å². The molecule has 0 aliphatic heterocycles. The van der Waals surface area contributed by atoms with Crippen LogP contribution in [0.4, 0.5) is 5.69 Å². The van der Waals surface area contributed by atoms with Crippen LogP contribution < -0.4 is 10.2 Å². The quantitative estimate of drug-likeness (QED) is 0.709. The van der Waals surface area contributed by atoms with Gasteiger partial charge in [-0.3, -0.25) is 0 Å². The van der Waals surface area contributed by atoms with Crippen molar-refractivity contribution in [3.8, 4) is 0 Å². The maximum absolute atomic E-state index is 3.53. The zero-order valence-corrected chi connectivity index (χ0v) is 12.4. The maximum atomic E-state index is 3.53. The molecular weight excluding hydrogens is 220 g/mol. The lowest BCUT2D eigenvalue weighted by atomic mass is 10.1. The van der Waals surface area contributed by atoms with E-state index in [-0.39, 0.29) is 0 Å². The monoisotopic (exact) mass is 248 g/mol. The fourth-order valence-corrected chi connectivity index (χ4v) is 2.10. The van der Waals surface area contributed by atoms with Crippen molar-refractivity contribution in [2.24, 2.45) is 5.92 Å². The van der Waals surface area contributed by atoms with Crippen LogP contribution in [0, 0.1) is 12.8 Å². The first-order chi connectivity index (χ1) is 8.65. The zero-order chi connectivity index (χ0) is 13.4. The van der Waals surface area contributed by atoms with Gasteiger partial charge < -0.3 is 10.2 Å². The first-order valence-corrected chi connectivity index (χ1v) is 7.16. The van der Waals surface area contributed by atoms with Crippen molar-refractivity contribution in [1.29, 1.82) is 0 Å². The van der Waals surface area contributed by atoms with Gasteiger partial charge in [0.15, 0.2) is 0 Å². The van der Waals surface area contributed by atoms with Crippen molar-refractivity contribution in [3.63, 3.8) is 0 Å². The van der Waals surface area contributed by atoms with Crippen molar-refractivity contribution in [2.45, 2.75) is 34.1 Å². The molecule has 0 aliphatic rings. The van der Waals surface area contributed by atoms with Crippen LogP contribution in [0.1, 0.15) is 32.8 Å². The highest BCUT2D eigenvalue weighted by Gasteiger charge is 2.05. The van der Waals surface area contributed by atoms with Gasteiger partial charge in [-0.1, -0.05) is 32.0 Å². The third kappa shape index (κ3) is 5.09. The molecule has 0 aromatic heterocycles. The van der Waals surface area contributed by atoms with Gasteiger partial charge in [0.25, 0.3) is 0 Å². The molecule has 2 nitrogen and oxygen atoms in total. The average Bonchev–Trinajstić information content (AvgIpc) is 2.35. The van der Waals surface area contributed by atoms with E-state index in [1.54, 1.807) is 0 Å². The van der Waals surface area contributed by atoms with Gasteiger partial charge in [0.05, 0.1) is 0 Å². The largest absolute Gasteiger partial charge is 0.370 e. The number of nitrogens with zero attached hydrogens (tertiary/aromatic N) is 1. The summed E-state index contributed by atoms with van der Waals surface area (Å²) < 4.78 is 0. The Hall–Kier alpha value is -1.02. The molecule has 0 atom stereocenters. The van der Waals surface area contributed by atoms with Gasteiger partial charge >= 0.3 is 0 Å². The molecule has 0 spiro atoms. The fourth-order valence-electron chi connectivity index (χ4n) is 2.10. The molecule has 0 saturated carbocycles. The first-order valence-electron chi connectivity index (χ1n) is 7.16. The lowest BCUT2D eigenvalue weighted by Gasteiger charge is -2.25. The number of rotatable bonds is 8. The molecule has 0 aliphatic carbocycles. The van der Waals surface area contributed by atoms with Crippen LogP contribution in [0.25, 0.3) is 0 Å². The maximum Gasteiger partial charge on any atom is 0.0396 e. The van der Waals surface area contributed by atoms with Crippen LogP contribution in [-0.2, 0) is 0 Å². The fraction of sp³-hybridized carbons (Fsp3) is 0.625. The van der Waals surface area contributed by atoms with Crippen LogP contribution in [0.3, 0.4) is 0 Å². The standard InChI is InChI=1S/C16H28N2/c1-5-18(13-12-17-11-10-14(2)3)16-9-7-6-8-15(16)4/h6-9,14,17H,5,10-13H2,1-4H3. The number of hydrogen-bond donors (Lipinski definition) is 1. The summed E-state index contributed by atoms with van der Waals surface area (Å²) in [5.74, 6) is 0.788. The Balaban J connectivity index is 2.36. The zero-order valence-electron chi connectivity index (χ0n) is 12.4. The van der Waals surface area contributed by atoms with E-state index >= 15 is 0 Å². The van der Waals surface area contributed by atoms with Crippen LogP contribution in [-0.4, -0.2) is 26.2 Å². The Bertz CT molecular complexity index is 334. The number of aryl methyl sites for hydroxylation is 1. The van der Waals surface area contributed by atoms with Crippen molar-refractivity contribution >= 4 is 5.69 Å². The summed E-state index contributed by atoms with van der Waals surface area (Å²) in [7, 11) is 0. The highest BCUT2D eigenvalue weighted by Crippen LogP contribution is 2.18. The van der Waals surface area contributed by atoms with E-state index in [1.807, 2.05) is 0 Å². The normalized spacial score (nSPS) is 10.9. The van der Waals surface area contributed by atoms with E-state index in [0.717, 1.165) is 32.1 Å². The molecule has 1 rings (SSSR count). The molecule has 1 aromatic carbocycles. The average molecular weight is 248 g/mol. The molecule has 2 heteroatoms. The number of nitrogens with one attached hydrogen (secondary N) is 1. The molecule has 0 radical (unpaired) electrons. The number of likely N-dealkylation sites (N-methyl/N-ethyl adjacent to an activating group) is 1. The van der Waals surface area contributed by atoms with Crippen molar-refractivity contribution in [3.05, 3.63) is 29.8 Å². The van der Waals surface area contributed by atoms with Gasteiger partial charge in [-0.05, 0) is 44.4 Å². The van der Waals surface area contributed by atoms with Crippen LogP contribution in [0.5, 0.6) is 0 Å². The summed E-state index contributed by atoms with van der Waals surface area (Å²) >= 11 is 0. The molecule has 18 heavy (non-hydrogen) atoms. The van der Waals surface area contributed by atoms with Crippen LogP contribution in [0.15, 0.2) is 24.3 Å². The minimum Gasteiger partial charge on any atom is -0.370 e. The van der Waals surface area contributed by atoms with Gasteiger partial charge in [-0.25, -0.2) is 0 Å². The predicted octanol–water partition coefficient (Wildman–Crippen LogP) is 3.46. The SMILES string of the molecule is CCN(CCNCCC(C)C)c1ccccc1C. The molecule has 1 N–H and O–H groups in total. The van der Waals surface area contributed by atoms with E-state index in [4.69, 9.17) is 0 Å². The molecule has 102 valence electrons. The Morgan fingerprint density at radius 3 is 2.50 bits per heavy atom. The van der Waals surface area contributed by atoms with E-state index in [1.165, 1.54) is 17.7 Å². The topological polar surface area (TPSA) is 15.3 Å². The highest BCUT2D eigenvalue weighted by atomic mass is 15.1. The predicted molar refractivity (Wildman–Crippen MR) is 81.4 cm³/mol. The molecule has 0 bridgehead atoms. The Labute approximate surface area is 112 Å². The van der Waals surface area contributed by atoms with Crippen molar-refractivity contribution in [2.75, 3.05) is 31.1 Å². The van der Waals surface area contributed by atoms with E-state index < -0.39 is 0 Å². The van der Waals surface area contributed by atoms with Crippen LogP contribution in [0.2, 0.25) is 0 Å². The first kappa shape index (κ1) is 15.0. The molecule has 0 unspecified atom stereocenters. The highest BCUT2D eigenvalue weighted by molar-refractivity contribution is 5.52. The molecule has 1 aromatic rings. The summed E-state index contributed by atoms with van der Waals surface area (Å²) in [6, 6.07) is 8.63. The second-order valence-electron chi connectivity index (χ2n) is 5.30. The summed E-state index contributed by atoms with van der Waals surface area (Å²) in [5, 5.41) is 3.53.